The van der Waals surface area contributed by atoms with Crippen molar-refractivity contribution in [1.29, 1.82) is 0 Å². The minimum absolute atomic E-state index is 0.00926. The molecule has 21 heavy (non-hydrogen) atoms. The summed E-state index contributed by atoms with van der Waals surface area (Å²) in [7, 11) is 0. The summed E-state index contributed by atoms with van der Waals surface area (Å²) in [5, 5.41) is 0. The maximum absolute atomic E-state index is 13.8. The first kappa shape index (κ1) is 15.4. The topological polar surface area (TPSA) is 22.0 Å². The monoisotopic (exact) mass is 291 g/mol. The van der Waals surface area contributed by atoms with E-state index in [9.17, 15) is 13.6 Å². The Hall–Kier alpha value is -1.97. The standard InChI is InChI=1S/C17H19F2NO/c1-5-6-20-9-14(10(2)11(3)17(20)21)13-7-15(18)12(4)16(19)8-13/h7-9H,5-6H2,1-4H3. The molecule has 1 heterocycles. The summed E-state index contributed by atoms with van der Waals surface area (Å²) in [5.74, 6) is -1.15. The van der Waals surface area contributed by atoms with Crippen molar-refractivity contribution in [3.63, 3.8) is 0 Å². The Morgan fingerprint density at radius 2 is 1.57 bits per heavy atom. The molecule has 0 radical (unpaired) electrons. The lowest BCUT2D eigenvalue weighted by Crippen LogP contribution is -2.23. The first-order valence-electron chi connectivity index (χ1n) is 7.03. The molecule has 0 atom stereocenters. The smallest absolute Gasteiger partial charge is 0.253 e. The molecule has 0 N–H and O–H groups in total. The Morgan fingerprint density at radius 3 is 2.10 bits per heavy atom. The minimum atomic E-state index is -0.574. The molecule has 0 saturated heterocycles. The zero-order valence-corrected chi connectivity index (χ0v) is 12.8. The molecule has 0 fully saturated rings. The molecule has 1 aromatic heterocycles. The molecule has 2 rings (SSSR count). The van der Waals surface area contributed by atoms with E-state index in [1.54, 1.807) is 24.6 Å². The van der Waals surface area contributed by atoms with Gasteiger partial charge in [0, 0.05) is 29.4 Å². The van der Waals surface area contributed by atoms with Gasteiger partial charge in [-0.3, -0.25) is 4.79 Å². The van der Waals surface area contributed by atoms with Gasteiger partial charge < -0.3 is 4.57 Å². The quantitative estimate of drug-likeness (QED) is 0.833. The van der Waals surface area contributed by atoms with Crippen molar-refractivity contribution in [3.05, 3.63) is 57.0 Å². The Kier molecular flexibility index (Phi) is 4.26. The van der Waals surface area contributed by atoms with Gasteiger partial charge in [0.05, 0.1) is 0 Å². The Morgan fingerprint density at radius 1 is 1.00 bits per heavy atom. The van der Waals surface area contributed by atoms with Gasteiger partial charge in [0.25, 0.3) is 5.56 Å². The van der Waals surface area contributed by atoms with Gasteiger partial charge in [0.1, 0.15) is 11.6 Å². The highest BCUT2D eigenvalue weighted by molar-refractivity contribution is 5.68. The minimum Gasteiger partial charge on any atom is -0.315 e. The molecule has 0 spiro atoms. The third-order valence-corrected chi connectivity index (χ3v) is 3.89. The first-order chi connectivity index (χ1) is 9.86. The number of nitrogens with zero attached hydrogens (tertiary/aromatic N) is 1. The molecule has 4 heteroatoms. The van der Waals surface area contributed by atoms with Gasteiger partial charge in [-0.2, -0.15) is 0 Å². The van der Waals surface area contributed by atoms with E-state index in [1.807, 2.05) is 6.92 Å². The van der Waals surface area contributed by atoms with Crippen LogP contribution in [0.15, 0.2) is 23.1 Å². The van der Waals surface area contributed by atoms with Crippen LogP contribution < -0.4 is 5.56 Å². The molecule has 0 aliphatic heterocycles. The van der Waals surface area contributed by atoms with Crippen LogP contribution in [0.25, 0.3) is 11.1 Å². The van der Waals surface area contributed by atoms with E-state index < -0.39 is 11.6 Å². The second kappa shape index (κ2) is 5.80. The fourth-order valence-corrected chi connectivity index (χ4v) is 2.39. The molecule has 0 aliphatic rings. The van der Waals surface area contributed by atoms with Crippen LogP contribution in [0.3, 0.4) is 0 Å². The third kappa shape index (κ3) is 2.75. The van der Waals surface area contributed by atoms with Gasteiger partial charge in [-0.25, -0.2) is 8.78 Å². The van der Waals surface area contributed by atoms with Crippen molar-refractivity contribution in [1.82, 2.24) is 4.57 Å². The van der Waals surface area contributed by atoms with E-state index in [1.165, 1.54) is 19.1 Å². The van der Waals surface area contributed by atoms with Crippen molar-refractivity contribution in [2.24, 2.45) is 0 Å². The number of aryl methyl sites for hydroxylation is 1. The number of rotatable bonds is 3. The summed E-state index contributed by atoms with van der Waals surface area (Å²) in [6.07, 6.45) is 2.51. The summed E-state index contributed by atoms with van der Waals surface area (Å²) in [6, 6.07) is 2.64. The van der Waals surface area contributed by atoms with Gasteiger partial charge >= 0.3 is 0 Å². The zero-order valence-electron chi connectivity index (χ0n) is 12.8. The largest absolute Gasteiger partial charge is 0.315 e. The average Bonchev–Trinajstić information content (AvgIpc) is 2.45. The van der Waals surface area contributed by atoms with Gasteiger partial charge in [-0.05, 0) is 50.5 Å². The Bertz CT molecular complexity index is 724. The van der Waals surface area contributed by atoms with Crippen molar-refractivity contribution in [2.75, 3.05) is 0 Å². The molecule has 0 unspecified atom stereocenters. The maximum atomic E-state index is 13.8. The van der Waals surface area contributed by atoms with Crippen molar-refractivity contribution < 1.29 is 8.78 Å². The molecule has 0 amide bonds. The number of hydrogen-bond donors (Lipinski definition) is 0. The van der Waals surface area contributed by atoms with E-state index >= 15 is 0 Å². The summed E-state index contributed by atoms with van der Waals surface area (Å²) < 4.78 is 29.2. The summed E-state index contributed by atoms with van der Waals surface area (Å²) in [5.41, 5.74) is 2.48. The summed E-state index contributed by atoms with van der Waals surface area (Å²) >= 11 is 0. The SMILES string of the molecule is CCCn1cc(-c2cc(F)c(C)c(F)c2)c(C)c(C)c1=O. The molecule has 2 aromatic rings. The number of aromatic nitrogens is 1. The van der Waals surface area contributed by atoms with E-state index in [4.69, 9.17) is 0 Å². The first-order valence-corrected chi connectivity index (χ1v) is 7.03. The highest BCUT2D eigenvalue weighted by Gasteiger charge is 2.14. The van der Waals surface area contributed by atoms with E-state index in [2.05, 4.69) is 0 Å². The third-order valence-electron chi connectivity index (χ3n) is 3.89. The Balaban J connectivity index is 2.72. The zero-order chi connectivity index (χ0) is 15.7. The fraction of sp³-hybridized carbons (Fsp3) is 0.353. The normalized spacial score (nSPS) is 11.0. The number of hydrogen-bond acceptors (Lipinski definition) is 1. The molecular formula is C17H19F2NO. The van der Waals surface area contributed by atoms with Crippen LogP contribution in [0.4, 0.5) is 8.78 Å². The number of pyridine rings is 1. The van der Waals surface area contributed by atoms with Gasteiger partial charge in [-0.1, -0.05) is 6.92 Å². The van der Waals surface area contributed by atoms with Crippen LogP contribution in [0, 0.1) is 32.4 Å². The van der Waals surface area contributed by atoms with Crippen molar-refractivity contribution >= 4 is 0 Å². The lowest BCUT2D eigenvalue weighted by atomic mass is 9.98. The van der Waals surface area contributed by atoms with E-state index in [0.717, 1.165) is 12.0 Å². The molecular weight excluding hydrogens is 272 g/mol. The lowest BCUT2D eigenvalue weighted by Gasteiger charge is -2.14. The Labute approximate surface area is 123 Å². The predicted molar refractivity (Wildman–Crippen MR) is 80.6 cm³/mol. The highest BCUT2D eigenvalue weighted by Crippen LogP contribution is 2.27. The predicted octanol–water partition coefficient (Wildman–Crippen LogP) is 4.13. The van der Waals surface area contributed by atoms with Gasteiger partial charge in [0.2, 0.25) is 0 Å². The number of benzene rings is 1. The molecule has 0 aliphatic carbocycles. The van der Waals surface area contributed by atoms with E-state index in [-0.39, 0.29) is 11.1 Å². The van der Waals surface area contributed by atoms with Crippen LogP contribution in [0.2, 0.25) is 0 Å². The van der Waals surface area contributed by atoms with Crippen LogP contribution in [0.1, 0.15) is 30.0 Å². The lowest BCUT2D eigenvalue weighted by molar-refractivity contribution is 0.569. The molecule has 0 bridgehead atoms. The van der Waals surface area contributed by atoms with E-state index in [0.29, 0.717) is 23.2 Å². The van der Waals surface area contributed by atoms with Crippen LogP contribution >= 0.6 is 0 Å². The van der Waals surface area contributed by atoms with Crippen molar-refractivity contribution in [2.45, 2.75) is 40.7 Å². The number of halogens is 2. The summed E-state index contributed by atoms with van der Waals surface area (Å²) in [4.78, 5) is 12.2. The fourth-order valence-electron chi connectivity index (χ4n) is 2.39. The van der Waals surface area contributed by atoms with Gasteiger partial charge in [0.15, 0.2) is 0 Å². The van der Waals surface area contributed by atoms with Crippen LogP contribution in [0.5, 0.6) is 0 Å². The van der Waals surface area contributed by atoms with Crippen LogP contribution in [-0.2, 0) is 6.54 Å². The average molecular weight is 291 g/mol. The second-order valence-corrected chi connectivity index (χ2v) is 5.36. The maximum Gasteiger partial charge on any atom is 0.253 e. The highest BCUT2D eigenvalue weighted by atomic mass is 19.1. The molecule has 2 nitrogen and oxygen atoms in total. The molecule has 1 aromatic carbocycles. The van der Waals surface area contributed by atoms with Crippen molar-refractivity contribution in [3.8, 4) is 11.1 Å². The molecule has 0 saturated carbocycles. The second-order valence-electron chi connectivity index (χ2n) is 5.36. The van der Waals surface area contributed by atoms with Crippen LogP contribution in [-0.4, -0.2) is 4.57 Å². The van der Waals surface area contributed by atoms with Gasteiger partial charge in [-0.15, -0.1) is 0 Å². The molecule has 112 valence electrons. The summed E-state index contributed by atoms with van der Waals surface area (Å²) in [6.45, 7) is 7.52.